The molecule has 4 heterocycles. The molecule has 0 aliphatic rings. The first kappa shape index (κ1) is 35.4. The number of rotatable bonds is 13. The first-order valence-corrected chi connectivity index (χ1v) is 15.6. The van der Waals surface area contributed by atoms with Crippen molar-refractivity contribution in [1.29, 1.82) is 0 Å². The molecule has 0 aromatic carbocycles. The summed E-state index contributed by atoms with van der Waals surface area (Å²) in [5.41, 5.74) is 4.04. The maximum Gasteiger partial charge on any atom is 0.274 e. The lowest BCUT2D eigenvalue weighted by molar-refractivity contribution is -0.112. The number of aromatic amines is 4. The number of anilines is 4. The van der Waals surface area contributed by atoms with Crippen LogP contribution in [0.1, 0.15) is 70.6 Å². The Morgan fingerprint density at radius 2 is 1.15 bits per heavy atom. The summed E-state index contributed by atoms with van der Waals surface area (Å²) in [5.74, 6) is -2.08. The number of hydrogen-bond donors (Lipinski definition) is 9. The number of carbonyl (C=O) groups is 5. The standard InChI is InChI=1S/C31H38BrN11O5/c1-14-19(11-34-22(14)28(45)33-9-8-10-43(6)7)37-29(46)23-15(2)20(12-35-23)38-30(47)24-16(3)21(13-36-24)39-31(48)25-17(4)26(42-41-25)40-27(44)18(5)32/h11-13,34-36H,5,8-10H2,1-4,6-7H3,(H,33,45)(H,37,46)(H,38,47)(H,39,48)(H2,40,41,42,44). The van der Waals surface area contributed by atoms with Gasteiger partial charge in [-0.2, -0.15) is 5.10 Å². The fourth-order valence-corrected chi connectivity index (χ4v) is 4.84. The number of nitrogens with one attached hydrogen (secondary N) is 9. The van der Waals surface area contributed by atoms with Gasteiger partial charge in [-0.25, -0.2) is 0 Å². The highest BCUT2D eigenvalue weighted by Crippen LogP contribution is 2.26. The minimum absolute atomic E-state index is 0.105. The van der Waals surface area contributed by atoms with Crippen LogP contribution in [0.15, 0.2) is 29.7 Å². The molecule has 0 radical (unpaired) electrons. The molecule has 48 heavy (non-hydrogen) atoms. The number of amides is 5. The molecule has 0 atom stereocenters. The quantitative estimate of drug-likeness (QED) is 0.0730. The van der Waals surface area contributed by atoms with Gasteiger partial charge in [-0.3, -0.25) is 29.1 Å². The predicted octanol–water partition coefficient (Wildman–Crippen LogP) is 3.91. The molecular weight excluding hydrogens is 686 g/mol. The van der Waals surface area contributed by atoms with E-state index in [9.17, 15) is 24.0 Å². The zero-order valence-corrected chi connectivity index (χ0v) is 29.0. The minimum atomic E-state index is -0.533. The van der Waals surface area contributed by atoms with E-state index in [1.807, 2.05) is 19.0 Å². The molecule has 0 bridgehead atoms. The van der Waals surface area contributed by atoms with Crippen molar-refractivity contribution >= 4 is 68.3 Å². The highest BCUT2D eigenvalue weighted by atomic mass is 79.9. The van der Waals surface area contributed by atoms with E-state index in [2.05, 4.69) is 74.2 Å². The van der Waals surface area contributed by atoms with Crippen molar-refractivity contribution < 1.29 is 24.0 Å². The van der Waals surface area contributed by atoms with E-state index in [1.54, 1.807) is 33.9 Å². The summed E-state index contributed by atoms with van der Waals surface area (Å²) >= 11 is 2.99. The van der Waals surface area contributed by atoms with Crippen molar-refractivity contribution in [2.45, 2.75) is 34.1 Å². The largest absolute Gasteiger partial charge is 0.355 e. The van der Waals surface area contributed by atoms with Gasteiger partial charge in [0.2, 0.25) is 0 Å². The van der Waals surface area contributed by atoms with Gasteiger partial charge in [0.1, 0.15) is 22.8 Å². The smallest absolute Gasteiger partial charge is 0.274 e. The van der Waals surface area contributed by atoms with Gasteiger partial charge >= 0.3 is 0 Å². The molecule has 17 heteroatoms. The predicted molar refractivity (Wildman–Crippen MR) is 186 cm³/mol. The van der Waals surface area contributed by atoms with E-state index < -0.39 is 23.6 Å². The topological polar surface area (TPSA) is 225 Å². The van der Waals surface area contributed by atoms with Crippen LogP contribution in [0.4, 0.5) is 22.9 Å². The SMILES string of the molecule is C=C(Br)C(=O)Nc1n[nH]c(C(=O)Nc2c[nH]c(C(=O)Nc3c[nH]c(C(=O)Nc4c[nH]c(C(=O)NCCCN(C)C)c4C)c3C)c2C)c1C. The summed E-state index contributed by atoms with van der Waals surface area (Å²) in [7, 11) is 3.93. The van der Waals surface area contributed by atoms with Crippen molar-refractivity contribution in [2.75, 3.05) is 48.5 Å². The van der Waals surface area contributed by atoms with Crippen LogP contribution in [0.25, 0.3) is 0 Å². The van der Waals surface area contributed by atoms with Crippen LogP contribution in [0.2, 0.25) is 0 Å². The lowest BCUT2D eigenvalue weighted by Gasteiger charge is -2.10. The second-order valence-corrected chi connectivity index (χ2v) is 12.3. The van der Waals surface area contributed by atoms with Crippen LogP contribution >= 0.6 is 15.9 Å². The summed E-state index contributed by atoms with van der Waals surface area (Å²) in [5, 5.41) is 20.3. The zero-order chi connectivity index (χ0) is 35.3. The molecule has 0 spiro atoms. The molecule has 0 saturated heterocycles. The Balaban J connectivity index is 1.38. The lowest BCUT2D eigenvalue weighted by Crippen LogP contribution is -2.27. The summed E-state index contributed by atoms with van der Waals surface area (Å²) in [6.07, 6.45) is 5.34. The molecule has 0 aliphatic heterocycles. The Labute approximate surface area is 284 Å². The van der Waals surface area contributed by atoms with E-state index >= 15 is 0 Å². The highest BCUT2D eigenvalue weighted by molar-refractivity contribution is 9.12. The second kappa shape index (κ2) is 15.0. The van der Waals surface area contributed by atoms with Crippen LogP contribution in [-0.4, -0.2) is 86.8 Å². The summed E-state index contributed by atoms with van der Waals surface area (Å²) < 4.78 is 0.105. The molecule has 254 valence electrons. The molecule has 0 saturated carbocycles. The molecular formula is C31H38BrN11O5. The maximum atomic E-state index is 13.2. The molecule has 4 aromatic heterocycles. The molecule has 0 unspecified atom stereocenters. The second-order valence-electron chi connectivity index (χ2n) is 11.3. The Hall–Kier alpha value is -5.42. The van der Waals surface area contributed by atoms with Gasteiger partial charge in [0.15, 0.2) is 5.82 Å². The Bertz CT molecular complexity index is 1900. The fourth-order valence-electron chi connectivity index (χ4n) is 4.74. The normalized spacial score (nSPS) is 10.9. The number of hydrogen-bond acceptors (Lipinski definition) is 7. The molecule has 4 rings (SSSR count). The van der Waals surface area contributed by atoms with Gasteiger partial charge in [-0.15, -0.1) is 0 Å². The van der Waals surface area contributed by atoms with Crippen LogP contribution in [-0.2, 0) is 4.79 Å². The number of halogens is 1. The third-order valence-corrected chi connectivity index (χ3v) is 7.99. The number of H-pyrrole nitrogens is 4. The van der Waals surface area contributed by atoms with Crippen molar-refractivity contribution in [3.8, 4) is 0 Å². The van der Waals surface area contributed by atoms with Crippen LogP contribution in [0.5, 0.6) is 0 Å². The maximum absolute atomic E-state index is 13.2. The van der Waals surface area contributed by atoms with Crippen molar-refractivity contribution in [2.24, 2.45) is 0 Å². The van der Waals surface area contributed by atoms with E-state index in [0.29, 0.717) is 51.6 Å². The fraction of sp³-hybridized carbons (Fsp3) is 0.290. The van der Waals surface area contributed by atoms with Crippen LogP contribution in [0.3, 0.4) is 0 Å². The van der Waals surface area contributed by atoms with Crippen molar-refractivity contribution in [3.05, 3.63) is 74.7 Å². The molecule has 5 amide bonds. The summed E-state index contributed by atoms with van der Waals surface area (Å²) in [6.45, 7) is 11.6. The lowest BCUT2D eigenvalue weighted by atomic mass is 10.2. The van der Waals surface area contributed by atoms with Crippen LogP contribution < -0.4 is 26.6 Å². The van der Waals surface area contributed by atoms with Crippen molar-refractivity contribution in [3.63, 3.8) is 0 Å². The number of aromatic nitrogens is 5. The Kier molecular flexibility index (Phi) is 11.1. The van der Waals surface area contributed by atoms with E-state index in [4.69, 9.17) is 0 Å². The molecule has 9 N–H and O–H groups in total. The van der Waals surface area contributed by atoms with Gasteiger partial charge in [0.05, 0.1) is 21.5 Å². The van der Waals surface area contributed by atoms with Crippen molar-refractivity contribution in [1.82, 2.24) is 35.4 Å². The zero-order valence-electron chi connectivity index (χ0n) is 27.4. The van der Waals surface area contributed by atoms with E-state index in [1.165, 1.54) is 12.4 Å². The van der Waals surface area contributed by atoms with Gasteiger partial charge < -0.3 is 46.4 Å². The third-order valence-electron chi connectivity index (χ3n) is 7.63. The first-order chi connectivity index (χ1) is 22.7. The summed E-state index contributed by atoms with van der Waals surface area (Å²) in [6, 6.07) is 0. The number of carbonyl (C=O) groups excluding carboxylic acids is 5. The van der Waals surface area contributed by atoms with Crippen LogP contribution in [0, 0.1) is 27.7 Å². The van der Waals surface area contributed by atoms with Gasteiger partial charge in [-0.05, 0) is 70.7 Å². The minimum Gasteiger partial charge on any atom is -0.355 e. The molecule has 16 nitrogen and oxygen atoms in total. The average Bonchev–Trinajstić information content (AvgIpc) is 3.78. The number of nitrogens with zero attached hydrogens (tertiary/aromatic N) is 2. The van der Waals surface area contributed by atoms with Gasteiger partial charge in [0, 0.05) is 47.4 Å². The summed E-state index contributed by atoms with van der Waals surface area (Å²) in [4.78, 5) is 74.5. The molecule has 0 aliphatic carbocycles. The first-order valence-electron chi connectivity index (χ1n) is 14.8. The highest BCUT2D eigenvalue weighted by Gasteiger charge is 2.23. The Morgan fingerprint density at radius 3 is 1.58 bits per heavy atom. The molecule has 0 fully saturated rings. The van der Waals surface area contributed by atoms with E-state index in [0.717, 1.165) is 13.0 Å². The average molecular weight is 725 g/mol. The monoisotopic (exact) mass is 723 g/mol. The molecule has 4 aromatic rings. The van der Waals surface area contributed by atoms with Gasteiger partial charge in [-0.1, -0.05) is 6.58 Å². The Morgan fingerprint density at radius 1 is 0.708 bits per heavy atom. The third kappa shape index (κ3) is 7.92. The van der Waals surface area contributed by atoms with E-state index in [-0.39, 0.29) is 33.3 Å². The van der Waals surface area contributed by atoms with Gasteiger partial charge in [0.25, 0.3) is 29.5 Å².